The average Bonchev–Trinajstić information content (AvgIpc) is 1.53. The number of hydrogen-bond acceptors (Lipinski definition) is 0. The fourth-order valence-corrected chi connectivity index (χ4v) is 25.1. The first-order valence-corrected chi connectivity index (χ1v) is 51.8. The lowest BCUT2D eigenvalue weighted by Gasteiger charge is -2.13. The number of fused-ring (bicyclic) bond motifs is 31. The van der Waals surface area contributed by atoms with Crippen LogP contribution in [0.4, 0.5) is 0 Å². The molecule has 6 aromatic heterocycles. The highest BCUT2D eigenvalue weighted by Crippen LogP contribution is 2.49. The molecule has 0 atom stereocenters. The summed E-state index contributed by atoms with van der Waals surface area (Å²) in [6.45, 7) is 0. The van der Waals surface area contributed by atoms with E-state index < -0.39 is 0 Å². The quantitative estimate of drug-likeness (QED) is 0.138. The zero-order chi connectivity index (χ0) is 98.3. The second kappa shape index (κ2) is 33.9. The monoisotopic (exact) mass is 1900 g/mol. The Hall–Kier alpha value is -19.9. The van der Waals surface area contributed by atoms with Crippen molar-refractivity contribution in [1.82, 2.24) is 27.4 Å². The first kappa shape index (κ1) is 84.6. The molecule has 0 aliphatic carbocycles. The van der Waals surface area contributed by atoms with Crippen LogP contribution in [-0.4, -0.2) is 27.4 Å². The highest BCUT2D eigenvalue weighted by Gasteiger charge is 2.27. The third-order valence-corrected chi connectivity index (χ3v) is 31.9. The van der Waals surface area contributed by atoms with E-state index in [9.17, 15) is 0 Å². The SMILES string of the molecule is c1ccc(-n2c3ccc(-c4ccc5c(c4)c4c6ccccc6ccc4n5-c4cccc5ccccc45)cc3c3ccc4ccccc4c32)cc1.c1ccc(-n2c3ccc(-c4ccc5c(c4)c4cc6ccccc6cc4n5-c4cccc5ccccc45)cc3c3cc4ccccc4cc32)cc1.c1ccc(-n2c3ccc(-c4ccc5c(c4)c4ccc6ccccc6c4n5-c4cccc5ccccc45)cc3c3ccc4ccccc4c32)cc1. The first-order chi connectivity index (χ1) is 74.4. The van der Waals surface area contributed by atoms with Crippen LogP contribution >= 0.6 is 0 Å². The highest BCUT2D eigenvalue weighted by molar-refractivity contribution is 6.27. The molecule has 0 fully saturated rings. The molecule has 0 N–H and O–H groups in total. The van der Waals surface area contributed by atoms with Crippen molar-refractivity contribution in [1.29, 1.82) is 0 Å². The third kappa shape index (κ3) is 13.3. The highest BCUT2D eigenvalue weighted by atomic mass is 15.0. The maximum Gasteiger partial charge on any atom is 0.0619 e. The molecule has 0 amide bonds. The summed E-state index contributed by atoms with van der Waals surface area (Å²) in [6, 6.07) is 200. The Morgan fingerprint density at radius 2 is 0.327 bits per heavy atom. The van der Waals surface area contributed by atoms with E-state index in [4.69, 9.17) is 0 Å². The Labute approximate surface area is 862 Å². The van der Waals surface area contributed by atoms with Gasteiger partial charge in [0.25, 0.3) is 0 Å². The molecule has 27 aromatic carbocycles. The van der Waals surface area contributed by atoms with Crippen LogP contribution in [0.25, 0.3) is 295 Å². The number of benzene rings is 27. The van der Waals surface area contributed by atoms with Crippen LogP contribution < -0.4 is 0 Å². The van der Waals surface area contributed by atoms with Crippen molar-refractivity contribution in [3.8, 4) is 67.5 Å². The Balaban J connectivity index is 0.000000101. The first-order valence-electron chi connectivity index (χ1n) is 51.8. The maximum atomic E-state index is 2.49. The molecule has 0 radical (unpaired) electrons. The molecule has 0 saturated carbocycles. The molecule has 6 heterocycles. The van der Waals surface area contributed by atoms with Gasteiger partial charge in [-0.15, -0.1) is 0 Å². The summed E-state index contributed by atoms with van der Waals surface area (Å²) in [6.07, 6.45) is 0. The van der Waals surface area contributed by atoms with Gasteiger partial charge in [0.05, 0.1) is 83.3 Å². The van der Waals surface area contributed by atoms with Crippen molar-refractivity contribution >= 4 is 228 Å². The number of para-hydroxylation sites is 3. The Morgan fingerprint density at radius 3 is 0.707 bits per heavy atom. The molecule has 696 valence electrons. The molecule has 6 nitrogen and oxygen atoms in total. The number of nitrogens with zero attached hydrogens (tertiary/aromatic N) is 6. The van der Waals surface area contributed by atoms with Crippen LogP contribution in [0, 0.1) is 0 Å². The Kier molecular flexibility index (Phi) is 19.1. The topological polar surface area (TPSA) is 29.6 Å². The van der Waals surface area contributed by atoms with Crippen LogP contribution in [-0.2, 0) is 0 Å². The summed E-state index contributed by atoms with van der Waals surface area (Å²) in [7, 11) is 0. The molecule has 6 heteroatoms. The lowest BCUT2D eigenvalue weighted by atomic mass is 9.98. The van der Waals surface area contributed by atoms with E-state index in [1.807, 2.05) is 0 Å². The molecule has 0 aliphatic heterocycles. The van der Waals surface area contributed by atoms with Gasteiger partial charge < -0.3 is 27.4 Å². The van der Waals surface area contributed by atoms with Crippen LogP contribution in [0.3, 0.4) is 0 Å². The van der Waals surface area contributed by atoms with Gasteiger partial charge in [0.2, 0.25) is 0 Å². The third-order valence-electron chi connectivity index (χ3n) is 31.9. The summed E-state index contributed by atoms with van der Waals surface area (Å²) >= 11 is 0. The minimum absolute atomic E-state index is 1.17. The molecule has 0 aliphatic rings. The summed E-state index contributed by atoms with van der Waals surface area (Å²) in [5.74, 6) is 0. The smallest absolute Gasteiger partial charge is 0.0619 e. The predicted octanol–water partition coefficient (Wildman–Crippen LogP) is 39.0. The molecule has 150 heavy (non-hydrogen) atoms. The largest absolute Gasteiger partial charge is 0.309 e. The van der Waals surface area contributed by atoms with Crippen molar-refractivity contribution < 1.29 is 0 Å². The van der Waals surface area contributed by atoms with Crippen molar-refractivity contribution in [3.63, 3.8) is 0 Å². The van der Waals surface area contributed by atoms with Crippen molar-refractivity contribution in [2.75, 3.05) is 0 Å². The zero-order valence-corrected chi connectivity index (χ0v) is 81.6. The molecule has 33 rings (SSSR count). The molecule has 0 unspecified atom stereocenters. The predicted molar refractivity (Wildman–Crippen MR) is 639 cm³/mol. The molecule has 0 spiro atoms. The van der Waals surface area contributed by atoms with E-state index in [-0.39, 0.29) is 0 Å². The van der Waals surface area contributed by atoms with E-state index in [0.717, 1.165) is 0 Å². The second-order valence-electron chi connectivity index (χ2n) is 40.1. The van der Waals surface area contributed by atoms with Gasteiger partial charge in [-0.1, -0.05) is 388 Å². The maximum absolute atomic E-state index is 2.49. The van der Waals surface area contributed by atoms with E-state index in [1.165, 1.54) is 295 Å². The van der Waals surface area contributed by atoms with E-state index in [1.54, 1.807) is 0 Å². The van der Waals surface area contributed by atoms with E-state index in [2.05, 4.69) is 573 Å². The van der Waals surface area contributed by atoms with Crippen LogP contribution in [0.1, 0.15) is 0 Å². The number of hydrogen-bond donors (Lipinski definition) is 0. The van der Waals surface area contributed by atoms with Gasteiger partial charge in [-0.2, -0.15) is 0 Å². The van der Waals surface area contributed by atoms with Gasteiger partial charge in [-0.3, -0.25) is 0 Å². The fraction of sp³-hybridized carbons (Fsp3) is 0. The van der Waals surface area contributed by atoms with Gasteiger partial charge in [0.15, 0.2) is 0 Å². The summed E-state index contributed by atoms with van der Waals surface area (Å²) in [5.41, 5.74) is 29.1. The fourth-order valence-electron chi connectivity index (χ4n) is 25.1. The van der Waals surface area contributed by atoms with Crippen LogP contribution in [0.15, 0.2) is 546 Å². The minimum atomic E-state index is 1.17. The molecule has 0 saturated heterocycles. The molecule has 0 bridgehead atoms. The standard InChI is InChI=1S/3C48H30N2/c1-2-15-36(16-3-1)49-44-26-23-34(29-41(44)40-25-21-33-13-6-9-19-39(33)48(40)49)35-24-27-45-42(30-35)47-38-18-8-5-12-32(38)22-28-46(47)50(45)43-20-10-14-31-11-4-7-17-37(31)43;1-2-15-36(16-3-1)49-45-27-23-34(29-42(45)40-25-21-32-12-5-8-18-38(32)47(40)49)35-24-28-46-43(30-35)41-26-22-33-13-6-9-19-39(33)48(41)50(46)44-20-10-14-31-11-4-7-17-37(31)44;1-2-17-38(18-3-1)49-45-23-21-36(27-40(45)42-25-32-12-4-6-14-34(32)29-47(42)49)37-22-24-46-41(28-37)43-26-33-13-5-7-15-35(33)30-48(43)50(46)44-20-10-16-31-11-8-9-19-39(31)44/h3*1-30H. The molecule has 33 aromatic rings. The lowest BCUT2D eigenvalue weighted by Crippen LogP contribution is -1.96. The normalized spacial score (nSPS) is 12.0. The summed E-state index contributed by atoms with van der Waals surface area (Å²) in [4.78, 5) is 0. The van der Waals surface area contributed by atoms with Gasteiger partial charge >= 0.3 is 0 Å². The second-order valence-corrected chi connectivity index (χ2v) is 40.1. The molecular formula is C144H90N6. The van der Waals surface area contributed by atoms with Crippen molar-refractivity contribution in [3.05, 3.63) is 546 Å². The summed E-state index contributed by atoms with van der Waals surface area (Å²) < 4.78 is 14.7. The van der Waals surface area contributed by atoms with Gasteiger partial charge in [-0.05, 0) is 256 Å². The van der Waals surface area contributed by atoms with Crippen molar-refractivity contribution in [2.45, 2.75) is 0 Å². The van der Waals surface area contributed by atoms with Crippen molar-refractivity contribution in [2.24, 2.45) is 0 Å². The van der Waals surface area contributed by atoms with E-state index >= 15 is 0 Å². The van der Waals surface area contributed by atoms with Gasteiger partial charge in [-0.25, -0.2) is 0 Å². The zero-order valence-electron chi connectivity index (χ0n) is 81.6. The average molecular weight is 1900 g/mol. The summed E-state index contributed by atoms with van der Waals surface area (Å²) in [5, 5.41) is 37.7. The lowest BCUT2D eigenvalue weighted by molar-refractivity contribution is 1.18. The van der Waals surface area contributed by atoms with E-state index in [0.29, 0.717) is 0 Å². The van der Waals surface area contributed by atoms with Gasteiger partial charge in [0.1, 0.15) is 0 Å². The Bertz CT molecular complexity index is 11300. The van der Waals surface area contributed by atoms with Gasteiger partial charge in [0, 0.05) is 114 Å². The minimum Gasteiger partial charge on any atom is -0.309 e. The van der Waals surface area contributed by atoms with Crippen LogP contribution in [0.5, 0.6) is 0 Å². The Morgan fingerprint density at radius 1 is 0.100 bits per heavy atom. The number of aromatic nitrogens is 6. The molecular weight excluding hydrogens is 1810 g/mol. The van der Waals surface area contributed by atoms with Crippen LogP contribution in [0.2, 0.25) is 0 Å². The number of rotatable bonds is 9.